The minimum atomic E-state index is 0.482. The molecule has 0 saturated carbocycles. The molecule has 0 atom stereocenters. The normalized spacial score (nSPS) is 16.8. The number of anilines is 1. The molecule has 0 spiro atoms. The molecule has 7 nitrogen and oxygen atoms in total. The van der Waals surface area contributed by atoms with Gasteiger partial charge in [0.1, 0.15) is 12.4 Å². The zero-order valence-corrected chi connectivity index (χ0v) is 12.1. The molecule has 0 unspecified atom stereocenters. The molecule has 1 N–H and O–H groups in total. The Labute approximate surface area is 122 Å². The first-order chi connectivity index (χ1) is 10.1. The summed E-state index contributed by atoms with van der Waals surface area (Å²) in [6.45, 7) is 6.02. The second-order valence-corrected chi connectivity index (χ2v) is 5.44. The van der Waals surface area contributed by atoms with Crippen molar-refractivity contribution >= 4 is 11.4 Å². The number of hydroxylamine groups is 1. The molecule has 0 fully saturated rings. The monoisotopic (exact) mass is 285 g/mol. The van der Waals surface area contributed by atoms with Crippen molar-refractivity contribution in [1.82, 2.24) is 14.6 Å². The van der Waals surface area contributed by atoms with Gasteiger partial charge in [0.25, 0.3) is 5.69 Å². The van der Waals surface area contributed by atoms with Gasteiger partial charge in [-0.3, -0.25) is 5.21 Å². The van der Waals surface area contributed by atoms with Crippen molar-refractivity contribution in [2.75, 3.05) is 16.6 Å². The Kier molecular flexibility index (Phi) is 2.52. The standard InChI is InChI=1S/C14H17N6O/c1-10-3-5-20(21)14-13(10)18-9-17(8-12(18)7-16-14)19-6-4-15-11(19)2/h3-4,6-7,21H,5,8-9H2,1-2H3/q+1. The van der Waals surface area contributed by atoms with Gasteiger partial charge in [-0.25, -0.2) is 24.7 Å². The highest BCUT2D eigenvalue weighted by Gasteiger charge is 2.36. The lowest BCUT2D eigenvalue weighted by Gasteiger charge is -2.20. The second kappa shape index (κ2) is 4.29. The molecule has 2 aromatic rings. The van der Waals surface area contributed by atoms with E-state index in [1.54, 1.807) is 6.20 Å². The number of aryl methyl sites for hydroxylation is 1. The minimum Gasteiger partial charge on any atom is -0.286 e. The molecule has 21 heavy (non-hydrogen) atoms. The maximum atomic E-state index is 9.99. The highest BCUT2D eigenvalue weighted by atomic mass is 16.5. The molecule has 7 heteroatoms. The van der Waals surface area contributed by atoms with Crippen molar-refractivity contribution < 1.29 is 9.77 Å². The predicted octanol–water partition coefficient (Wildman–Crippen LogP) is 0.596. The van der Waals surface area contributed by atoms with Crippen LogP contribution in [-0.4, -0.2) is 26.4 Å². The molecular weight excluding hydrogens is 268 g/mol. The number of allylic oxidation sites excluding steroid dienone is 1. The first-order valence-corrected chi connectivity index (χ1v) is 6.95. The third kappa shape index (κ3) is 1.74. The summed E-state index contributed by atoms with van der Waals surface area (Å²) in [5, 5.41) is 13.4. The van der Waals surface area contributed by atoms with Gasteiger partial charge in [0.15, 0.2) is 0 Å². The Balaban J connectivity index is 1.79. The van der Waals surface area contributed by atoms with E-state index < -0.39 is 0 Å². The lowest BCUT2D eigenvalue weighted by molar-refractivity contribution is -0.693. The molecule has 2 aliphatic rings. The Morgan fingerprint density at radius 1 is 1.29 bits per heavy atom. The zero-order chi connectivity index (χ0) is 14.6. The Morgan fingerprint density at radius 2 is 2.14 bits per heavy atom. The number of aromatic nitrogens is 4. The van der Waals surface area contributed by atoms with E-state index in [1.165, 1.54) is 5.06 Å². The van der Waals surface area contributed by atoms with Gasteiger partial charge in [0.2, 0.25) is 18.2 Å². The molecule has 4 heterocycles. The highest BCUT2D eigenvalue weighted by Crippen LogP contribution is 2.27. The fourth-order valence-corrected chi connectivity index (χ4v) is 3.02. The van der Waals surface area contributed by atoms with E-state index in [4.69, 9.17) is 0 Å². The fraction of sp³-hybridized carbons (Fsp3) is 0.357. The highest BCUT2D eigenvalue weighted by molar-refractivity contribution is 5.71. The number of hydrogen-bond acceptors (Lipinski definition) is 5. The summed E-state index contributed by atoms with van der Waals surface area (Å²) < 4.78 is 4.26. The molecule has 4 rings (SSSR count). The molecule has 0 aliphatic carbocycles. The Bertz CT molecular complexity index is 750. The van der Waals surface area contributed by atoms with Crippen molar-refractivity contribution in [3.05, 3.63) is 41.9 Å². The number of hydrogen-bond donors (Lipinski definition) is 1. The first-order valence-electron chi connectivity index (χ1n) is 6.95. The lowest BCUT2D eigenvalue weighted by atomic mass is 10.1. The van der Waals surface area contributed by atoms with Gasteiger partial charge in [-0.15, -0.1) is 0 Å². The first kappa shape index (κ1) is 12.3. The van der Waals surface area contributed by atoms with Crippen LogP contribution < -0.4 is 14.6 Å². The summed E-state index contributed by atoms with van der Waals surface area (Å²) in [4.78, 5) is 8.70. The number of fused-ring (bicyclic) bond motifs is 3. The summed E-state index contributed by atoms with van der Waals surface area (Å²) in [5.74, 6) is 1.59. The maximum Gasteiger partial charge on any atom is 0.255 e. The summed E-state index contributed by atoms with van der Waals surface area (Å²) in [6, 6.07) is 0. The topological polar surface area (TPSA) is 61.3 Å². The van der Waals surface area contributed by atoms with Gasteiger partial charge < -0.3 is 0 Å². The van der Waals surface area contributed by atoms with Gasteiger partial charge in [0, 0.05) is 18.0 Å². The van der Waals surface area contributed by atoms with Crippen LogP contribution in [-0.2, 0) is 13.2 Å². The van der Waals surface area contributed by atoms with Crippen LogP contribution in [0.15, 0.2) is 24.7 Å². The van der Waals surface area contributed by atoms with Crippen molar-refractivity contribution in [2.24, 2.45) is 0 Å². The van der Waals surface area contributed by atoms with Crippen molar-refractivity contribution in [2.45, 2.75) is 27.1 Å². The van der Waals surface area contributed by atoms with Crippen LogP contribution in [0.5, 0.6) is 0 Å². The lowest BCUT2D eigenvalue weighted by Crippen LogP contribution is -2.45. The van der Waals surface area contributed by atoms with Crippen LogP contribution in [0.3, 0.4) is 0 Å². The summed E-state index contributed by atoms with van der Waals surface area (Å²) in [5.41, 5.74) is 3.26. The van der Waals surface area contributed by atoms with Crippen molar-refractivity contribution in [1.29, 1.82) is 0 Å². The predicted molar refractivity (Wildman–Crippen MR) is 76.1 cm³/mol. The van der Waals surface area contributed by atoms with Gasteiger partial charge >= 0.3 is 0 Å². The average Bonchev–Trinajstić information content (AvgIpc) is 3.07. The van der Waals surface area contributed by atoms with Crippen LogP contribution in [0.25, 0.3) is 5.57 Å². The molecule has 108 valence electrons. The number of nitrogens with zero attached hydrogens (tertiary/aromatic N) is 6. The van der Waals surface area contributed by atoms with Crippen molar-refractivity contribution in [3.63, 3.8) is 0 Å². The van der Waals surface area contributed by atoms with Crippen LogP contribution in [0.2, 0.25) is 0 Å². The summed E-state index contributed by atoms with van der Waals surface area (Å²) in [6.07, 6.45) is 7.62. The summed E-state index contributed by atoms with van der Waals surface area (Å²) in [7, 11) is 0. The molecule has 0 saturated heterocycles. The Morgan fingerprint density at radius 3 is 2.90 bits per heavy atom. The van der Waals surface area contributed by atoms with E-state index >= 15 is 0 Å². The van der Waals surface area contributed by atoms with Gasteiger partial charge in [-0.05, 0) is 13.8 Å². The molecular formula is C14H17N6O+. The maximum absolute atomic E-state index is 9.99. The van der Waals surface area contributed by atoms with Crippen LogP contribution in [0.4, 0.5) is 5.82 Å². The van der Waals surface area contributed by atoms with E-state index in [9.17, 15) is 5.21 Å². The third-order valence-electron chi connectivity index (χ3n) is 4.11. The fourth-order valence-electron chi connectivity index (χ4n) is 3.02. The average molecular weight is 285 g/mol. The SMILES string of the molecule is CC1=CCN(O)c2ncc3[n+](c21)CN(n1ccnc1C)C3. The molecule has 2 aliphatic heterocycles. The second-order valence-electron chi connectivity index (χ2n) is 5.44. The molecule has 0 amide bonds. The van der Waals surface area contributed by atoms with Crippen molar-refractivity contribution in [3.8, 4) is 0 Å². The smallest absolute Gasteiger partial charge is 0.255 e. The van der Waals surface area contributed by atoms with Gasteiger partial charge in [-0.1, -0.05) is 6.08 Å². The number of rotatable bonds is 1. The van der Waals surface area contributed by atoms with E-state index in [-0.39, 0.29) is 0 Å². The molecule has 0 aromatic carbocycles. The van der Waals surface area contributed by atoms with Crippen LogP contribution in [0, 0.1) is 6.92 Å². The summed E-state index contributed by atoms with van der Waals surface area (Å²) >= 11 is 0. The minimum absolute atomic E-state index is 0.482. The van der Waals surface area contributed by atoms with Gasteiger partial charge in [0.05, 0.1) is 12.7 Å². The van der Waals surface area contributed by atoms with E-state index in [2.05, 4.69) is 31.1 Å². The largest absolute Gasteiger partial charge is 0.286 e. The van der Waals surface area contributed by atoms with E-state index in [0.29, 0.717) is 12.4 Å². The Hall–Kier alpha value is -2.41. The zero-order valence-electron chi connectivity index (χ0n) is 12.1. The molecule has 0 bridgehead atoms. The van der Waals surface area contributed by atoms with E-state index in [0.717, 1.165) is 36.0 Å². The quantitative estimate of drug-likeness (QED) is 0.777. The third-order valence-corrected chi connectivity index (χ3v) is 4.11. The van der Waals surface area contributed by atoms with Crippen LogP contribution in [0.1, 0.15) is 24.1 Å². The van der Waals surface area contributed by atoms with Gasteiger partial charge in [-0.2, -0.15) is 4.57 Å². The molecule has 0 radical (unpaired) electrons. The van der Waals surface area contributed by atoms with Crippen LogP contribution >= 0.6 is 0 Å². The molecule has 2 aromatic heterocycles. The van der Waals surface area contributed by atoms with E-state index in [1.807, 2.05) is 25.4 Å². The number of imidazole rings is 1.